The second-order valence-electron chi connectivity index (χ2n) is 6.39. The van der Waals surface area contributed by atoms with Gasteiger partial charge in [0.15, 0.2) is 0 Å². The zero-order chi connectivity index (χ0) is 20.8. The first-order chi connectivity index (χ1) is 13.9. The molecule has 0 aliphatic carbocycles. The van der Waals surface area contributed by atoms with E-state index in [1.165, 1.54) is 16.8 Å². The topological polar surface area (TPSA) is 93.1 Å². The van der Waals surface area contributed by atoms with Crippen LogP contribution in [0.4, 0.5) is 5.69 Å². The molecule has 0 fully saturated rings. The van der Waals surface area contributed by atoms with Gasteiger partial charge in [-0.1, -0.05) is 46.3 Å². The number of hydrogen-bond donors (Lipinski definition) is 2. The first-order valence-electron chi connectivity index (χ1n) is 8.88. The van der Waals surface area contributed by atoms with E-state index in [-0.39, 0.29) is 30.2 Å². The van der Waals surface area contributed by atoms with Gasteiger partial charge < -0.3 is 10.6 Å². The molecule has 29 heavy (non-hydrogen) atoms. The molecule has 148 valence electrons. The minimum atomic E-state index is -0.533. The van der Waals surface area contributed by atoms with E-state index in [0.29, 0.717) is 5.69 Å². The number of halogens is 1. The van der Waals surface area contributed by atoms with Crippen molar-refractivity contribution in [2.75, 3.05) is 11.9 Å². The highest BCUT2D eigenvalue weighted by atomic mass is 79.9. The van der Waals surface area contributed by atoms with Gasteiger partial charge in [-0.3, -0.25) is 14.4 Å². The molecule has 2 amide bonds. The Bertz CT molecular complexity index is 1100. The molecular weight excluding hydrogens is 436 g/mol. The van der Waals surface area contributed by atoms with Crippen LogP contribution in [0.1, 0.15) is 21.6 Å². The van der Waals surface area contributed by atoms with Crippen LogP contribution in [0.25, 0.3) is 0 Å². The molecule has 0 saturated heterocycles. The third-order valence-corrected chi connectivity index (χ3v) is 4.64. The molecule has 0 radical (unpaired) electrons. The second-order valence-corrected chi connectivity index (χ2v) is 7.31. The van der Waals surface area contributed by atoms with Gasteiger partial charge in [0.25, 0.3) is 11.5 Å². The SMILES string of the molecule is Cc1cc(Br)ccc1NC(=O)CNC(=O)c1ccc(=O)n(Cc2ccccc2)n1. The maximum absolute atomic E-state index is 12.4. The second kappa shape index (κ2) is 9.29. The molecule has 0 aliphatic rings. The highest BCUT2D eigenvalue weighted by Crippen LogP contribution is 2.19. The summed E-state index contributed by atoms with van der Waals surface area (Å²) >= 11 is 3.37. The molecule has 2 N–H and O–H groups in total. The van der Waals surface area contributed by atoms with Crippen molar-refractivity contribution >= 4 is 33.4 Å². The Balaban J connectivity index is 1.62. The Morgan fingerprint density at radius 1 is 1.07 bits per heavy atom. The van der Waals surface area contributed by atoms with E-state index in [2.05, 4.69) is 31.7 Å². The third-order valence-electron chi connectivity index (χ3n) is 4.15. The van der Waals surface area contributed by atoms with Gasteiger partial charge in [-0.05, 0) is 42.3 Å². The van der Waals surface area contributed by atoms with Gasteiger partial charge in [-0.2, -0.15) is 5.10 Å². The van der Waals surface area contributed by atoms with Crippen LogP contribution < -0.4 is 16.2 Å². The highest BCUT2D eigenvalue weighted by molar-refractivity contribution is 9.10. The Kier molecular flexibility index (Phi) is 6.56. The Morgan fingerprint density at radius 3 is 2.55 bits per heavy atom. The van der Waals surface area contributed by atoms with E-state index in [1.54, 1.807) is 6.07 Å². The third kappa shape index (κ3) is 5.61. The van der Waals surface area contributed by atoms with E-state index < -0.39 is 5.91 Å². The fraction of sp³-hybridized carbons (Fsp3) is 0.143. The summed E-state index contributed by atoms with van der Waals surface area (Å²) in [6.07, 6.45) is 0. The first-order valence-corrected chi connectivity index (χ1v) is 9.68. The molecule has 1 aromatic heterocycles. The van der Waals surface area contributed by atoms with Crippen molar-refractivity contribution in [1.29, 1.82) is 0 Å². The van der Waals surface area contributed by atoms with Crippen molar-refractivity contribution in [2.45, 2.75) is 13.5 Å². The molecule has 0 unspecified atom stereocenters. The zero-order valence-electron chi connectivity index (χ0n) is 15.7. The summed E-state index contributed by atoms with van der Waals surface area (Å²) in [6.45, 7) is 1.91. The van der Waals surface area contributed by atoms with E-state index >= 15 is 0 Å². The standard InChI is InChI=1S/C21H19BrN4O3/c1-14-11-16(22)7-8-17(14)24-19(27)12-23-21(29)18-9-10-20(28)26(25-18)13-15-5-3-2-4-6-15/h2-11H,12-13H2,1H3,(H,23,29)(H,24,27). The first kappa shape index (κ1) is 20.5. The summed E-state index contributed by atoms with van der Waals surface area (Å²) in [4.78, 5) is 36.5. The fourth-order valence-electron chi connectivity index (χ4n) is 2.65. The number of nitrogens with zero attached hydrogens (tertiary/aromatic N) is 2. The quantitative estimate of drug-likeness (QED) is 0.598. The van der Waals surface area contributed by atoms with Crippen molar-refractivity contribution in [3.05, 3.63) is 92.3 Å². The predicted octanol–water partition coefficient (Wildman–Crippen LogP) is 2.73. The summed E-state index contributed by atoms with van der Waals surface area (Å²) in [5, 5.41) is 9.38. The number of carbonyl (C=O) groups is 2. The average Bonchev–Trinajstić information content (AvgIpc) is 2.71. The summed E-state index contributed by atoms with van der Waals surface area (Å²) < 4.78 is 2.13. The van der Waals surface area contributed by atoms with Gasteiger partial charge in [0.1, 0.15) is 5.69 Å². The molecule has 1 heterocycles. The van der Waals surface area contributed by atoms with Gasteiger partial charge in [0.05, 0.1) is 13.1 Å². The van der Waals surface area contributed by atoms with E-state index in [1.807, 2.05) is 49.4 Å². The van der Waals surface area contributed by atoms with Crippen LogP contribution in [0.2, 0.25) is 0 Å². The molecular formula is C21H19BrN4O3. The molecule has 0 bridgehead atoms. The largest absolute Gasteiger partial charge is 0.342 e. The predicted molar refractivity (Wildman–Crippen MR) is 114 cm³/mol. The lowest BCUT2D eigenvalue weighted by Crippen LogP contribution is -2.35. The van der Waals surface area contributed by atoms with Crippen molar-refractivity contribution in [1.82, 2.24) is 15.1 Å². The van der Waals surface area contributed by atoms with Crippen LogP contribution in [0, 0.1) is 6.92 Å². The number of anilines is 1. The molecule has 0 saturated carbocycles. The van der Waals surface area contributed by atoms with Crippen molar-refractivity contribution in [3.63, 3.8) is 0 Å². The molecule has 2 aromatic carbocycles. The number of aryl methyl sites for hydroxylation is 1. The summed E-state index contributed by atoms with van der Waals surface area (Å²) in [5.74, 6) is -0.893. The number of aromatic nitrogens is 2. The van der Waals surface area contributed by atoms with Gasteiger partial charge in [-0.25, -0.2) is 4.68 Å². The smallest absolute Gasteiger partial charge is 0.272 e. The number of amides is 2. The Labute approximate surface area is 175 Å². The molecule has 0 atom stereocenters. The fourth-order valence-corrected chi connectivity index (χ4v) is 3.13. The lowest BCUT2D eigenvalue weighted by Gasteiger charge is -2.10. The van der Waals surface area contributed by atoms with Crippen LogP contribution in [-0.2, 0) is 11.3 Å². The van der Waals surface area contributed by atoms with E-state index in [9.17, 15) is 14.4 Å². The minimum absolute atomic E-state index is 0.0631. The highest BCUT2D eigenvalue weighted by Gasteiger charge is 2.12. The van der Waals surface area contributed by atoms with E-state index in [0.717, 1.165) is 15.6 Å². The van der Waals surface area contributed by atoms with Crippen LogP contribution in [0.5, 0.6) is 0 Å². The van der Waals surface area contributed by atoms with Gasteiger partial charge in [-0.15, -0.1) is 0 Å². The lowest BCUT2D eigenvalue weighted by molar-refractivity contribution is -0.115. The van der Waals surface area contributed by atoms with Gasteiger partial charge in [0, 0.05) is 16.2 Å². The summed E-state index contributed by atoms with van der Waals surface area (Å²) in [6, 6.07) is 17.5. The molecule has 0 spiro atoms. The Hall–Kier alpha value is -3.26. The van der Waals surface area contributed by atoms with Crippen LogP contribution in [0.3, 0.4) is 0 Å². The number of rotatable bonds is 6. The summed E-state index contributed by atoms with van der Waals surface area (Å²) in [5.41, 5.74) is 2.21. The van der Waals surface area contributed by atoms with Gasteiger partial charge in [0.2, 0.25) is 5.91 Å². The average molecular weight is 455 g/mol. The van der Waals surface area contributed by atoms with Crippen LogP contribution in [0.15, 0.2) is 69.9 Å². The summed E-state index contributed by atoms with van der Waals surface area (Å²) in [7, 11) is 0. The van der Waals surface area contributed by atoms with Crippen molar-refractivity contribution in [3.8, 4) is 0 Å². The number of benzene rings is 2. The Morgan fingerprint density at radius 2 is 1.83 bits per heavy atom. The number of hydrogen-bond acceptors (Lipinski definition) is 4. The molecule has 0 aliphatic heterocycles. The molecule has 7 nitrogen and oxygen atoms in total. The lowest BCUT2D eigenvalue weighted by atomic mass is 10.2. The number of nitrogens with one attached hydrogen (secondary N) is 2. The van der Waals surface area contributed by atoms with E-state index in [4.69, 9.17) is 0 Å². The van der Waals surface area contributed by atoms with Crippen molar-refractivity contribution in [2.24, 2.45) is 0 Å². The zero-order valence-corrected chi connectivity index (χ0v) is 17.3. The minimum Gasteiger partial charge on any atom is -0.342 e. The van der Waals surface area contributed by atoms with Crippen LogP contribution >= 0.6 is 15.9 Å². The molecule has 3 aromatic rings. The van der Waals surface area contributed by atoms with Crippen LogP contribution in [-0.4, -0.2) is 28.1 Å². The van der Waals surface area contributed by atoms with Crippen molar-refractivity contribution < 1.29 is 9.59 Å². The molecule has 8 heteroatoms. The number of carbonyl (C=O) groups excluding carboxylic acids is 2. The maximum atomic E-state index is 12.4. The van der Waals surface area contributed by atoms with Gasteiger partial charge >= 0.3 is 0 Å². The monoisotopic (exact) mass is 454 g/mol. The maximum Gasteiger partial charge on any atom is 0.272 e. The molecule has 3 rings (SSSR count). The normalized spacial score (nSPS) is 10.4.